The number of fused-ring (bicyclic) bond motifs is 6. The average molecular weight is 1240 g/mol. The summed E-state index contributed by atoms with van der Waals surface area (Å²) < 4.78 is 0. The first-order valence-corrected chi connectivity index (χ1v) is 36.7. The highest BCUT2D eigenvalue weighted by molar-refractivity contribution is 5.91. The van der Waals surface area contributed by atoms with Gasteiger partial charge in [-0.05, 0) is 245 Å². The lowest BCUT2D eigenvalue weighted by Crippen LogP contribution is -2.30. The lowest BCUT2D eigenvalue weighted by Gasteiger charge is -2.32. The summed E-state index contributed by atoms with van der Waals surface area (Å²) in [5.41, 5.74) is 35.9. The lowest BCUT2D eigenvalue weighted by atomic mass is 9.73. The van der Waals surface area contributed by atoms with Crippen molar-refractivity contribution >= 4 is 45.3 Å². The second-order valence-electron chi connectivity index (χ2n) is 26.2. The normalized spacial score (nSPS) is 18.3. The molecule has 0 amide bonds. The summed E-state index contributed by atoms with van der Waals surface area (Å²) in [4.78, 5) is 2.63. The van der Waals surface area contributed by atoms with Gasteiger partial charge in [0.05, 0.1) is 0 Å². The van der Waals surface area contributed by atoms with E-state index in [9.17, 15) is 0 Å². The monoisotopic (exact) mass is 1240 g/mol. The largest absolute Gasteiger partial charge is 0.381 e. The van der Waals surface area contributed by atoms with E-state index in [2.05, 4.69) is 258 Å². The molecule has 1 N–H and O–H groups in total. The highest BCUT2D eigenvalue weighted by Gasteiger charge is 2.42. The summed E-state index contributed by atoms with van der Waals surface area (Å²) in [6.45, 7) is 30.7. The molecule has 0 bridgehead atoms. The third kappa shape index (κ3) is 14.0. The Morgan fingerprint density at radius 1 is 0.585 bits per heavy atom. The third-order valence-corrected chi connectivity index (χ3v) is 20.5. The molecule has 1 heterocycles. The van der Waals surface area contributed by atoms with Gasteiger partial charge in [-0.3, -0.25) is 0 Å². The van der Waals surface area contributed by atoms with Crippen LogP contribution in [0.5, 0.6) is 0 Å². The Labute approximate surface area is 568 Å². The molecule has 7 aliphatic rings. The molecule has 486 valence electrons. The Morgan fingerprint density at radius 2 is 1.31 bits per heavy atom. The van der Waals surface area contributed by atoms with E-state index in [1.165, 1.54) is 165 Å². The fourth-order valence-electron chi connectivity index (χ4n) is 15.9. The first kappa shape index (κ1) is 68.7. The van der Waals surface area contributed by atoms with Gasteiger partial charge in [-0.2, -0.15) is 0 Å². The maximum absolute atomic E-state index is 4.03. The van der Waals surface area contributed by atoms with Gasteiger partial charge < -0.3 is 10.2 Å². The van der Waals surface area contributed by atoms with Crippen molar-refractivity contribution in [3.63, 3.8) is 0 Å². The quantitative estimate of drug-likeness (QED) is 0.0813. The molecule has 14 rings (SSSR count). The predicted molar refractivity (Wildman–Crippen MR) is 414 cm³/mol. The van der Waals surface area contributed by atoms with E-state index in [0.717, 1.165) is 64.3 Å². The molecule has 2 nitrogen and oxygen atoms in total. The molecule has 1 aliphatic heterocycles. The SMILES string of the molecule is CC.CC.CC.CC.CCCc1cc(C)ccc1C1=C(C)C=C(c2ccc(/C=C\C(=C/CNC3=CCCC=C3c3ccc4c(c3)-c3ccc(-c5cccc6c5C5C=CCCC5N6c5ccccc5)cc3C4(C)C)c3cccc(C4=C(C)C=CCC4)c3C3CCC3)cc2)CC1. The molecular weight excluding hydrogens is 1130 g/mol. The molecule has 1 saturated carbocycles. The first-order chi connectivity index (χ1) is 46.1. The van der Waals surface area contributed by atoms with Gasteiger partial charge in [-0.25, -0.2) is 0 Å². The van der Waals surface area contributed by atoms with Crippen LogP contribution >= 0.6 is 0 Å². The molecule has 0 aromatic heterocycles. The maximum atomic E-state index is 4.03. The van der Waals surface area contributed by atoms with Crippen molar-refractivity contribution in [1.82, 2.24) is 5.32 Å². The van der Waals surface area contributed by atoms with Crippen LogP contribution in [-0.4, -0.2) is 12.6 Å². The van der Waals surface area contributed by atoms with Crippen LogP contribution in [0.2, 0.25) is 0 Å². The van der Waals surface area contributed by atoms with Crippen LogP contribution in [0.25, 0.3) is 56.2 Å². The second-order valence-corrected chi connectivity index (χ2v) is 26.2. The Morgan fingerprint density at radius 3 is 2.05 bits per heavy atom. The van der Waals surface area contributed by atoms with Crippen LogP contribution in [0.3, 0.4) is 0 Å². The topological polar surface area (TPSA) is 15.3 Å². The van der Waals surface area contributed by atoms with Gasteiger partial charge in [-0.1, -0.05) is 271 Å². The predicted octanol–water partition coefficient (Wildman–Crippen LogP) is 26.5. The minimum absolute atomic E-state index is 0.136. The second kappa shape index (κ2) is 31.8. The van der Waals surface area contributed by atoms with Crippen molar-refractivity contribution < 1.29 is 0 Å². The van der Waals surface area contributed by atoms with Gasteiger partial charge in [0.25, 0.3) is 0 Å². The molecule has 2 atom stereocenters. The number of allylic oxidation sites excluding steroid dienone is 14. The summed E-state index contributed by atoms with van der Waals surface area (Å²) in [6, 6.07) is 56.8. The number of rotatable bonds is 15. The number of anilines is 2. The number of hydrogen-bond donors (Lipinski definition) is 1. The van der Waals surface area contributed by atoms with Crippen molar-refractivity contribution in [1.29, 1.82) is 0 Å². The van der Waals surface area contributed by atoms with Crippen LogP contribution in [0.1, 0.15) is 246 Å². The molecular formula is C92H108N2. The molecule has 0 radical (unpaired) electrons. The van der Waals surface area contributed by atoms with Gasteiger partial charge >= 0.3 is 0 Å². The minimum Gasteiger partial charge on any atom is -0.381 e. The van der Waals surface area contributed by atoms with Crippen molar-refractivity contribution in [3.05, 3.63) is 284 Å². The zero-order valence-electron chi connectivity index (χ0n) is 59.7. The van der Waals surface area contributed by atoms with Gasteiger partial charge in [-0.15, -0.1) is 0 Å². The zero-order chi connectivity index (χ0) is 66.5. The minimum atomic E-state index is -0.136. The number of aryl methyl sites for hydroxylation is 2. The van der Waals surface area contributed by atoms with Crippen molar-refractivity contribution in [2.24, 2.45) is 0 Å². The molecule has 0 spiro atoms. The number of hydrogen-bond acceptors (Lipinski definition) is 2. The van der Waals surface area contributed by atoms with Crippen molar-refractivity contribution in [2.75, 3.05) is 11.4 Å². The number of benzene rings is 7. The van der Waals surface area contributed by atoms with Crippen LogP contribution in [0, 0.1) is 6.92 Å². The molecule has 2 heteroatoms. The van der Waals surface area contributed by atoms with E-state index in [1.807, 2.05) is 55.4 Å². The molecule has 1 fully saturated rings. The fraction of sp³-hybridized carbons (Fsp3) is 0.348. The van der Waals surface area contributed by atoms with E-state index >= 15 is 0 Å². The Bertz CT molecular complexity index is 4090. The fourth-order valence-corrected chi connectivity index (χ4v) is 15.9. The van der Waals surface area contributed by atoms with Gasteiger partial charge in [0, 0.05) is 46.6 Å². The summed E-state index contributed by atoms with van der Waals surface area (Å²) in [7, 11) is 0. The molecule has 7 aromatic carbocycles. The number of nitrogens with one attached hydrogen (secondary N) is 1. The lowest BCUT2D eigenvalue weighted by molar-refractivity contribution is 0.418. The van der Waals surface area contributed by atoms with Crippen molar-refractivity contribution in [2.45, 2.75) is 204 Å². The van der Waals surface area contributed by atoms with Crippen LogP contribution in [0.15, 0.2) is 217 Å². The Kier molecular flexibility index (Phi) is 23.2. The highest BCUT2D eigenvalue weighted by atomic mass is 15.2. The van der Waals surface area contributed by atoms with E-state index in [1.54, 1.807) is 5.56 Å². The smallest absolute Gasteiger partial charge is 0.0459 e. The van der Waals surface area contributed by atoms with E-state index < -0.39 is 0 Å². The average Bonchev–Trinajstić information content (AvgIpc) is 1.54. The molecule has 2 unspecified atom stereocenters. The zero-order valence-corrected chi connectivity index (χ0v) is 59.7. The summed E-state index contributed by atoms with van der Waals surface area (Å²) in [5.74, 6) is 0.942. The van der Waals surface area contributed by atoms with Crippen LogP contribution in [-0.2, 0) is 11.8 Å². The highest BCUT2D eigenvalue weighted by Crippen LogP contribution is 2.55. The standard InChI is InChI=1S/C84H84N2.4C2H6/c1-7-20-63-51-55(2)35-45-69(63)68-46-42-62(52-57(68)4)59-39-36-58(37-40-59)38-41-60(71-29-18-31-74(82(71)61-22-17-23-61)67-26-12-11-21-56(67)3)49-50-85-79-32-15-13-27-70(79)64-44-48-77-76(53-64)73-47-43-65(54-78(73)84(77,5)6)72-30-19-34-81-83(72)75-28-14-16-33-80(75)86(81)66-24-9-8-10-25-66;4*1-2/h8-11,14,18-19,21,24-25,27-32,34-41,43-45,47-49,51-54,61,75,80,85H,7,12-13,15-17,20,22-23,26,33,42,46,50H2,1-6H3;4*1-2H3/b41-38-,60-49+;;;;. The van der Waals surface area contributed by atoms with Crippen LogP contribution < -0.4 is 10.2 Å². The molecule has 0 saturated heterocycles. The van der Waals surface area contributed by atoms with E-state index in [4.69, 9.17) is 0 Å². The maximum Gasteiger partial charge on any atom is 0.0459 e. The third-order valence-electron chi connectivity index (χ3n) is 20.5. The first-order valence-electron chi connectivity index (χ1n) is 36.7. The molecule has 7 aromatic rings. The molecule has 6 aliphatic carbocycles. The summed E-state index contributed by atoms with van der Waals surface area (Å²) in [5, 5.41) is 4.03. The van der Waals surface area contributed by atoms with Gasteiger partial charge in [0.15, 0.2) is 0 Å². The van der Waals surface area contributed by atoms with Crippen molar-refractivity contribution in [3.8, 4) is 22.3 Å². The number of nitrogens with zero attached hydrogens (tertiary/aromatic N) is 1. The van der Waals surface area contributed by atoms with Gasteiger partial charge in [0.1, 0.15) is 0 Å². The Balaban J connectivity index is 0.00000116. The Hall–Kier alpha value is -8.20. The molecule has 94 heavy (non-hydrogen) atoms. The van der Waals surface area contributed by atoms with Crippen LogP contribution in [0.4, 0.5) is 11.4 Å². The van der Waals surface area contributed by atoms with Gasteiger partial charge in [0.2, 0.25) is 0 Å². The van der Waals surface area contributed by atoms with E-state index in [-0.39, 0.29) is 5.41 Å². The number of para-hydroxylation sites is 1. The summed E-state index contributed by atoms with van der Waals surface area (Å²) in [6.07, 6.45) is 39.1. The van der Waals surface area contributed by atoms with E-state index in [0.29, 0.717) is 17.9 Å². The summed E-state index contributed by atoms with van der Waals surface area (Å²) >= 11 is 0.